The van der Waals surface area contributed by atoms with Gasteiger partial charge in [-0.05, 0) is 114 Å². The predicted molar refractivity (Wildman–Crippen MR) is 266 cm³/mol. The minimum Gasteiger partial charge on any atom is -0.459 e. The van der Waals surface area contributed by atoms with Gasteiger partial charge in [0.15, 0.2) is 17.7 Å². The number of nitrogens with zero attached hydrogens (tertiary/aromatic N) is 7. The van der Waals surface area contributed by atoms with Crippen molar-refractivity contribution in [1.82, 2.24) is 29.8 Å². The third-order valence-electron chi connectivity index (χ3n) is 15.7. The van der Waals surface area contributed by atoms with Crippen LogP contribution in [0.15, 0.2) is 11.6 Å². The zero-order valence-electron chi connectivity index (χ0n) is 44.9. The Morgan fingerprint density at radius 2 is 1.68 bits per heavy atom. The van der Waals surface area contributed by atoms with Gasteiger partial charge in [-0.25, -0.2) is 19.4 Å². The number of methoxy groups -OCH3 is 1. The lowest BCUT2D eigenvalue weighted by Gasteiger charge is -2.49. The molecule has 0 aromatic carbocycles. The Morgan fingerprint density at radius 3 is 2.33 bits per heavy atom. The van der Waals surface area contributed by atoms with E-state index in [0.717, 1.165) is 11.4 Å². The zero-order valence-corrected chi connectivity index (χ0v) is 45.7. The maximum atomic E-state index is 14.5. The summed E-state index contributed by atoms with van der Waals surface area (Å²) in [4.78, 5) is 37.0. The summed E-state index contributed by atoms with van der Waals surface area (Å²) in [6.45, 7) is 21.1. The molecule has 6 rings (SSSR count). The molecular weight excluding hydrogens is 955 g/mol. The van der Waals surface area contributed by atoms with E-state index in [2.05, 4.69) is 20.2 Å². The van der Waals surface area contributed by atoms with Crippen molar-refractivity contribution in [3.8, 4) is 0 Å². The molecule has 4 aliphatic rings. The first-order valence-corrected chi connectivity index (χ1v) is 26.6. The third-order valence-corrected chi connectivity index (χ3v) is 16.7. The van der Waals surface area contributed by atoms with E-state index in [1.54, 1.807) is 46.2 Å². The first kappa shape index (κ1) is 58.3. The molecule has 1 amide bonds. The highest BCUT2D eigenvalue weighted by molar-refractivity contribution is 7.14. The van der Waals surface area contributed by atoms with E-state index in [9.17, 15) is 35.1 Å². The lowest BCUT2D eigenvalue weighted by Crippen LogP contribution is -2.60. The van der Waals surface area contributed by atoms with Crippen molar-refractivity contribution < 1.29 is 68.3 Å². The van der Waals surface area contributed by atoms with Crippen LogP contribution in [-0.4, -0.2) is 205 Å². The van der Waals surface area contributed by atoms with Gasteiger partial charge in [-0.1, -0.05) is 26.0 Å². The van der Waals surface area contributed by atoms with Crippen LogP contribution in [0.25, 0.3) is 0 Å². The monoisotopic (exact) mass is 1040 g/mol. The molecule has 19 atom stereocenters. The Kier molecular flexibility index (Phi) is 19.4. The van der Waals surface area contributed by atoms with Crippen LogP contribution in [0, 0.1) is 24.7 Å². The summed E-state index contributed by atoms with van der Waals surface area (Å²) in [7, 11) is 5.28. The number of aliphatic hydroxyl groups excluding tert-OH is 3. The highest BCUT2D eigenvalue weighted by Gasteiger charge is 2.53. The maximum absolute atomic E-state index is 14.5. The topological polar surface area (TPSA) is 253 Å². The van der Waals surface area contributed by atoms with Crippen molar-refractivity contribution >= 4 is 28.5 Å². The van der Waals surface area contributed by atoms with Crippen molar-refractivity contribution in [2.24, 2.45) is 17.8 Å². The average molecular weight is 1040 g/mol. The molecule has 0 radical (unpaired) electrons. The molecule has 21 nitrogen and oxygen atoms in total. The summed E-state index contributed by atoms with van der Waals surface area (Å²) in [5, 5.41) is 70.8. The number of ether oxygens (including phenoxy) is 7. The first-order valence-electron chi connectivity index (χ1n) is 25.8. The molecule has 2 aromatic heterocycles. The Labute approximate surface area is 429 Å². The summed E-state index contributed by atoms with van der Waals surface area (Å²) in [5.74, 6) is -2.79. The number of aryl methyl sites for hydroxylation is 2. The van der Waals surface area contributed by atoms with Gasteiger partial charge >= 0.3 is 12.1 Å². The maximum Gasteiger partial charge on any atom is 0.416 e. The number of aliphatic hydroxyl groups is 5. The van der Waals surface area contributed by atoms with E-state index in [0.29, 0.717) is 50.6 Å². The van der Waals surface area contributed by atoms with Gasteiger partial charge < -0.3 is 68.5 Å². The first-order chi connectivity index (χ1) is 33.7. The molecule has 0 aliphatic carbocycles. The second-order valence-corrected chi connectivity index (χ2v) is 22.9. The number of amides is 1. The highest BCUT2D eigenvalue weighted by Crippen LogP contribution is 2.40. The molecule has 4 fully saturated rings. The number of likely N-dealkylation sites (N-methyl/N-ethyl adjacent to an activating group) is 2. The Morgan fingerprint density at radius 1 is 0.972 bits per heavy atom. The summed E-state index contributed by atoms with van der Waals surface area (Å²) in [5.41, 5.74) is -2.92. The molecule has 5 N–H and O–H groups in total. The third kappa shape index (κ3) is 13.3. The molecule has 72 heavy (non-hydrogen) atoms. The Balaban J connectivity index is 1.21. The number of cyclic esters (lactones) is 2. The molecule has 2 aromatic rings. The quantitative estimate of drug-likeness (QED) is 0.170. The summed E-state index contributed by atoms with van der Waals surface area (Å²) in [6.07, 6.45) is -6.77. The van der Waals surface area contributed by atoms with Crippen molar-refractivity contribution in [1.29, 1.82) is 0 Å². The van der Waals surface area contributed by atoms with Crippen LogP contribution in [0.5, 0.6) is 0 Å². The highest BCUT2D eigenvalue weighted by atomic mass is 32.1. The van der Waals surface area contributed by atoms with E-state index in [1.807, 2.05) is 58.3 Å². The zero-order chi connectivity index (χ0) is 53.2. The van der Waals surface area contributed by atoms with Crippen LogP contribution in [0.4, 0.5) is 9.93 Å². The standard InChI is InChI=1S/C50H85N7O14S/c1-15-37-50(11,64)41(59)32(7)55(13)22-27(2)20-48(9,63)43(30(5)40(31(6)44(61)69-37)70-38-21-49(10,65-14)42(60)33(8)67-38)71-45-39(58)36(19-29(4)66-45)54(12)18-16-17-34-23-56(53-52-34)24-35-25-57(47(62)68-35)46-51-28(3)26-72-46/h23,26-27,29-33,35-43,45,58-60,63-64H,15-22,24-25H2,1-14H3/t27-,29-,30+,31-,32-,33+,35+,36+,37-,38+,39-,40+,41-,42+,43-,45+,48-,49-,50-/m1/s1. The van der Waals surface area contributed by atoms with Crippen LogP contribution in [0.2, 0.25) is 0 Å². The number of carbonyl (C=O) groups is 2. The van der Waals surface area contributed by atoms with E-state index in [1.165, 1.54) is 30.3 Å². The van der Waals surface area contributed by atoms with Gasteiger partial charge in [-0.15, -0.1) is 16.4 Å². The van der Waals surface area contributed by atoms with Gasteiger partial charge in [0.25, 0.3) is 0 Å². The van der Waals surface area contributed by atoms with Gasteiger partial charge in [0.05, 0.1) is 66.0 Å². The minimum absolute atomic E-state index is 0.0979. The summed E-state index contributed by atoms with van der Waals surface area (Å²) < 4.78 is 45.6. The lowest BCUT2D eigenvalue weighted by molar-refractivity contribution is -0.318. The number of carbonyl (C=O) groups excluding carboxylic acids is 2. The molecule has 0 bridgehead atoms. The molecule has 410 valence electrons. The van der Waals surface area contributed by atoms with Crippen molar-refractivity contribution in [3.63, 3.8) is 0 Å². The molecule has 0 unspecified atom stereocenters. The number of aromatic nitrogens is 4. The number of hydrogen-bond acceptors (Lipinski definition) is 20. The smallest absolute Gasteiger partial charge is 0.416 e. The van der Waals surface area contributed by atoms with E-state index < -0.39 is 114 Å². The molecule has 0 spiro atoms. The summed E-state index contributed by atoms with van der Waals surface area (Å²) >= 11 is 1.40. The van der Waals surface area contributed by atoms with E-state index in [-0.39, 0.29) is 31.3 Å². The number of thiazole rings is 1. The van der Waals surface area contributed by atoms with E-state index in [4.69, 9.17) is 33.2 Å². The van der Waals surface area contributed by atoms with Crippen LogP contribution < -0.4 is 4.90 Å². The second-order valence-electron chi connectivity index (χ2n) is 22.1. The molecule has 6 heterocycles. The van der Waals surface area contributed by atoms with Gasteiger partial charge in [-0.2, -0.15) is 0 Å². The largest absolute Gasteiger partial charge is 0.459 e. The van der Waals surface area contributed by atoms with Crippen molar-refractivity contribution in [3.05, 3.63) is 23.0 Å². The Hall–Kier alpha value is -2.97. The lowest BCUT2D eigenvalue weighted by atomic mass is 9.77. The fraction of sp³-hybridized carbons (Fsp3) is 0.860. The SMILES string of the molecule is CC[C@H]1OC(=O)[C@H](C)[C@@H](O[C@H]2C[C@@](C)(OC)[C@@H](O)[C@H](C)O2)[C@H](C)[C@@H](O[C@@H]2O[C@H](C)C[C@H](N(C)CCCc3cn(C[C@H]4CN(c5nc(C)cs5)C(=O)O4)nn3)[C@H]2O)[C@](C)(O)C[C@@H](C)CN(C)[C@H](C)[C@@H](O)[C@]1(C)O. The van der Waals surface area contributed by atoms with Crippen molar-refractivity contribution in [2.75, 3.05) is 45.7 Å². The van der Waals surface area contributed by atoms with Crippen LogP contribution in [-0.2, 0) is 50.9 Å². The second kappa shape index (κ2) is 23.9. The van der Waals surface area contributed by atoms with Gasteiger partial charge in [0.1, 0.15) is 36.1 Å². The fourth-order valence-corrected chi connectivity index (χ4v) is 12.1. The average Bonchev–Trinajstić information content (AvgIpc) is 4.06. The minimum atomic E-state index is -1.84. The van der Waals surface area contributed by atoms with Crippen molar-refractivity contribution in [2.45, 2.75) is 218 Å². The van der Waals surface area contributed by atoms with E-state index >= 15 is 0 Å². The predicted octanol–water partition coefficient (Wildman–Crippen LogP) is 3.29. The molecule has 4 saturated heterocycles. The number of rotatable bonds is 14. The van der Waals surface area contributed by atoms with Crippen LogP contribution >= 0.6 is 11.3 Å². The fourth-order valence-electron chi connectivity index (χ4n) is 11.3. The number of hydrogen-bond donors (Lipinski definition) is 5. The van der Waals surface area contributed by atoms with Gasteiger partial charge in [0, 0.05) is 49.7 Å². The van der Waals surface area contributed by atoms with Gasteiger partial charge in [-0.3, -0.25) is 4.79 Å². The molecule has 4 aliphatic heterocycles. The van der Waals surface area contributed by atoms with Gasteiger partial charge in [0.2, 0.25) is 0 Å². The molecule has 22 heteroatoms. The molecular formula is C50H85N7O14S. The Bertz CT molecular complexity index is 2080. The number of esters is 1. The normalized spacial score (nSPS) is 41.2. The van der Waals surface area contributed by atoms with Crippen LogP contribution in [0.3, 0.4) is 0 Å². The summed E-state index contributed by atoms with van der Waals surface area (Å²) in [6, 6.07) is -0.985. The number of anilines is 1. The molecule has 0 saturated carbocycles. The van der Waals surface area contributed by atoms with Crippen LogP contribution in [0.1, 0.15) is 113 Å².